The molecular formula is C7H13N5O2. The highest BCUT2D eigenvalue weighted by Crippen LogP contribution is 2.08. The number of H-pyrrole nitrogens is 1. The topological polar surface area (TPSA) is 84.8 Å². The van der Waals surface area contributed by atoms with E-state index in [1.807, 2.05) is 6.92 Å². The maximum absolute atomic E-state index is 11.2. The van der Waals surface area contributed by atoms with Crippen LogP contribution in [0.4, 0.5) is 0 Å². The number of hydroxylamine groups is 1. The number of hydrogen-bond donors (Lipinski definition) is 2. The van der Waals surface area contributed by atoms with Crippen molar-refractivity contribution < 1.29 is 4.84 Å². The lowest BCUT2D eigenvalue weighted by Crippen LogP contribution is -2.21. The van der Waals surface area contributed by atoms with E-state index in [9.17, 15) is 4.79 Å². The SMILES string of the molecule is CCC(=C(C)NOC)n1nn[nH]c1=O. The number of rotatable bonds is 4. The first-order chi connectivity index (χ1) is 6.70. The summed E-state index contributed by atoms with van der Waals surface area (Å²) in [5, 5.41) is 9.27. The van der Waals surface area contributed by atoms with E-state index in [4.69, 9.17) is 4.84 Å². The largest absolute Gasteiger partial charge is 0.365 e. The van der Waals surface area contributed by atoms with Crippen LogP contribution in [-0.2, 0) is 4.84 Å². The van der Waals surface area contributed by atoms with Crippen LogP contribution in [0.5, 0.6) is 0 Å². The lowest BCUT2D eigenvalue weighted by Gasteiger charge is -2.08. The molecule has 0 aliphatic heterocycles. The van der Waals surface area contributed by atoms with Crippen molar-refractivity contribution in [1.29, 1.82) is 0 Å². The highest BCUT2D eigenvalue weighted by molar-refractivity contribution is 5.46. The summed E-state index contributed by atoms with van der Waals surface area (Å²) in [6.45, 7) is 3.71. The fourth-order valence-electron chi connectivity index (χ4n) is 1.16. The third kappa shape index (κ3) is 1.99. The summed E-state index contributed by atoms with van der Waals surface area (Å²) in [5.74, 6) is 0. The maximum Gasteiger partial charge on any atom is 0.365 e. The fourth-order valence-corrected chi connectivity index (χ4v) is 1.16. The molecule has 0 unspecified atom stereocenters. The third-order valence-corrected chi connectivity index (χ3v) is 1.75. The number of allylic oxidation sites excluding steroid dienone is 2. The second-order valence-corrected chi connectivity index (χ2v) is 2.65. The fraction of sp³-hybridized carbons (Fsp3) is 0.571. The van der Waals surface area contributed by atoms with E-state index in [1.165, 1.54) is 11.8 Å². The first kappa shape index (κ1) is 10.5. The highest BCUT2D eigenvalue weighted by atomic mass is 16.6. The van der Waals surface area contributed by atoms with E-state index in [0.717, 1.165) is 5.70 Å². The molecule has 0 saturated carbocycles. The molecule has 0 atom stereocenters. The van der Waals surface area contributed by atoms with Gasteiger partial charge in [0.1, 0.15) is 0 Å². The Balaban J connectivity index is 3.10. The van der Waals surface area contributed by atoms with Gasteiger partial charge in [-0.15, -0.1) is 0 Å². The Kier molecular flexibility index (Phi) is 3.41. The Labute approximate surface area is 80.7 Å². The molecule has 0 aliphatic carbocycles. The molecule has 0 amide bonds. The van der Waals surface area contributed by atoms with Gasteiger partial charge in [0, 0.05) is 0 Å². The summed E-state index contributed by atoms with van der Waals surface area (Å²) in [6.07, 6.45) is 0.647. The van der Waals surface area contributed by atoms with Crippen LogP contribution in [0.15, 0.2) is 10.5 Å². The predicted octanol–water partition coefficient (Wildman–Crippen LogP) is -0.284. The summed E-state index contributed by atoms with van der Waals surface area (Å²) >= 11 is 0. The second kappa shape index (κ2) is 4.56. The lowest BCUT2D eigenvalue weighted by molar-refractivity contribution is 0.118. The monoisotopic (exact) mass is 199 g/mol. The number of tetrazole rings is 1. The number of aromatic nitrogens is 4. The lowest BCUT2D eigenvalue weighted by atomic mass is 10.3. The molecule has 0 bridgehead atoms. The van der Waals surface area contributed by atoms with Gasteiger partial charge in [0.15, 0.2) is 0 Å². The van der Waals surface area contributed by atoms with Gasteiger partial charge in [-0.25, -0.2) is 9.89 Å². The molecule has 7 nitrogen and oxygen atoms in total. The van der Waals surface area contributed by atoms with E-state index in [2.05, 4.69) is 21.0 Å². The zero-order valence-electron chi connectivity index (χ0n) is 8.37. The normalized spacial score (nSPS) is 12.5. The van der Waals surface area contributed by atoms with Gasteiger partial charge in [-0.05, 0) is 23.8 Å². The van der Waals surface area contributed by atoms with Crippen molar-refractivity contribution in [3.8, 4) is 0 Å². The summed E-state index contributed by atoms with van der Waals surface area (Å²) in [4.78, 5) is 16.0. The van der Waals surface area contributed by atoms with Gasteiger partial charge in [0.25, 0.3) is 0 Å². The van der Waals surface area contributed by atoms with Crippen LogP contribution < -0.4 is 11.2 Å². The van der Waals surface area contributed by atoms with Crippen molar-refractivity contribution in [3.05, 3.63) is 16.2 Å². The van der Waals surface area contributed by atoms with Crippen LogP contribution in [0.2, 0.25) is 0 Å². The second-order valence-electron chi connectivity index (χ2n) is 2.65. The zero-order chi connectivity index (χ0) is 10.6. The minimum atomic E-state index is -0.362. The number of nitrogens with one attached hydrogen (secondary N) is 2. The average molecular weight is 199 g/mol. The molecule has 0 spiro atoms. The van der Waals surface area contributed by atoms with Gasteiger partial charge >= 0.3 is 5.69 Å². The van der Waals surface area contributed by atoms with Crippen molar-refractivity contribution in [2.75, 3.05) is 7.11 Å². The first-order valence-corrected chi connectivity index (χ1v) is 4.20. The van der Waals surface area contributed by atoms with Crippen molar-refractivity contribution in [3.63, 3.8) is 0 Å². The maximum atomic E-state index is 11.2. The predicted molar refractivity (Wildman–Crippen MR) is 50.0 cm³/mol. The molecule has 7 heteroatoms. The minimum Gasteiger partial charge on any atom is -0.280 e. The van der Waals surface area contributed by atoms with Gasteiger partial charge in [-0.3, -0.25) is 10.3 Å². The molecule has 1 heterocycles. The molecule has 78 valence electrons. The summed E-state index contributed by atoms with van der Waals surface area (Å²) in [7, 11) is 1.50. The molecule has 1 aromatic rings. The van der Waals surface area contributed by atoms with Crippen LogP contribution in [0.25, 0.3) is 5.70 Å². The molecule has 0 fully saturated rings. The third-order valence-electron chi connectivity index (χ3n) is 1.75. The van der Waals surface area contributed by atoms with Crippen molar-refractivity contribution in [1.82, 2.24) is 25.7 Å². The molecular weight excluding hydrogens is 186 g/mol. The van der Waals surface area contributed by atoms with Gasteiger partial charge < -0.3 is 0 Å². The summed E-state index contributed by atoms with van der Waals surface area (Å²) in [5.41, 5.74) is 3.73. The van der Waals surface area contributed by atoms with Crippen molar-refractivity contribution >= 4 is 5.70 Å². The van der Waals surface area contributed by atoms with Crippen molar-refractivity contribution in [2.24, 2.45) is 0 Å². The smallest absolute Gasteiger partial charge is 0.280 e. The molecule has 2 N–H and O–H groups in total. The van der Waals surface area contributed by atoms with Gasteiger partial charge in [0.2, 0.25) is 0 Å². The number of nitrogens with zero attached hydrogens (tertiary/aromatic N) is 3. The summed E-state index contributed by atoms with van der Waals surface area (Å²) in [6, 6.07) is 0. The van der Waals surface area contributed by atoms with Gasteiger partial charge in [-0.2, -0.15) is 4.68 Å². The standard InChI is InChI=1S/C7H13N5O2/c1-4-6(5(2)9-14-3)12-7(13)8-10-11-12/h9H,4H2,1-3H3,(H,8,11,13). The molecule has 0 aliphatic rings. The molecule has 14 heavy (non-hydrogen) atoms. The average Bonchev–Trinajstić information content (AvgIpc) is 2.54. The summed E-state index contributed by atoms with van der Waals surface area (Å²) < 4.78 is 1.20. The van der Waals surface area contributed by atoms with Crippen LogP contribution in [0.1, 0.15) is 20.3 Å². The Morgan fingerprint density at radius 1 is 1.71 bits per heavy atom. The van der Waals surface area contributed by atoms with E-state index in [0.29, 0.717) is 12.1 Å². The van der Waals surface area contributed by atoms with Crippen LogP contribution in [-0.4, -0.2) is 27.3 Å². The Morgan fingerprint density at radius 3 is 2.86 bits per heavy atom. The molecule has 0 saturated heterocycles. The molecule has 1 rings (SSSR count). The van der Waals surface area contributed by atoms with Gasteiger partial charge in [0.05, 0.1) is 18.5 Å². The molecule has 1 aromatic heterocycles. The quantitative estimate of drug-likeness (QED) is 0.651. The first-order valence-electron chi connectivity index (χ1n) is 4.20. The van der Waals surface area contributed by atoms with Crippen LogP contribution in [0, 0.1) is 0 Å². The Bertz CT molecular complexity index is 377. The number of aromatic amines is 1. The minimum absolute atomic E-state index is 0.362. The van der Waals surface area contributed by atoms with Crippen molar-refractivity contribution in [2.45, 2.75) is 20.3 Å². The highest BCUT2D eigenvalue weighted by Gasteiger charge is 2.07. The Hall–Kier alpha value is -1.63. The van der Waals surface area contributed by atoms with Gasteiger partial charge in [-0.1, -0.05) is 6.92 Å². The Morgan fingerprint density at radius 2 is 2.43 bits per heavy atom. The van der Waals surface area contributed by atoms with E-state index >= 15 is 0 Å². The van der Waals surface area contributed by atoms with Crippen LogP contribution in [0.3, 0.4) is 0 Å². The van der Waals surface area contributed by atoms with E-state index in [-0.39, 0.29) is 5.69 Å². The van der Waals surface area contributed by atoms with Crippen LogP contribution >= 0.6 is 0 Å². The zero-order valence-corrected chi connectivity index (χ0v) is 8.37. The molecule has 0 radical (unpaired) electrons. The van der Waals surface area contributed by atoms with E-state index < -0.39 is 0 Å². The van der Waals surface area contributed by atoms with E-state index in [1.54, 1.807) is 6.92 Å². The molecule has 0 aromatic carbocycles. The number of hydrogen-bond acceptors (Lipinski definition) is 5.